The van der Waals surface area contributed by atoms with Crippen LogP contribution in [0.1, 0.15) is 20.3 Å². The van der Waals surface area contributed by atoms with Gasteiger partial charge in [0, 0.05) is 12.6 Å². The fraction of sp³-hybridized carbons (Fsp3) is 0.571. The van der Waals surface area contributed by atoms with Crippen molar-refractivity contribution in [3.63, 3.8) is 0 Å². The summed E-state index contributed by atoms with van der Waals surface area (Å²) in [5, 5.41) is 3.34. The SMILES string of the molecule is CC(C)CC(CN(C)C)Nc1cccc(F)c1N. The van der Waals surface area contributed by atoms with Crippen LogP contribution in [0.15, 0.2) is 18.2 Å². The average molecular weight is 253 g/mol. The first-order valence-electron chi connectivity index (χ1n) is 6.35. The molecule has 102 valence electrons. The summed E-state index contributed by atoms with van der Waals surface area (Å²) in [5.41, 5.74) is 6.62. The van der Waals surface area contributed by atoms with Crippen molar-refractivity contribution in [2.24, 2.45) is 5.92 Å². The maximum Gasteiger partial charge on any atom is 0.148 e. The first-order valence-corrected chi connectivity index (χ1v) is 6.35. The second-order valence-electron chi connectivity index (χ2n) is 5.43. The molecular weight excluding hydrogens is 229 g/mol. The molecule has 0 bridgehead atoms. The molecule has 0 heterocycles. The van der Waals surface area contributed by atoms with Crippen LogP contribution in [-0.4, -0.2) is 31.6 Å². The number of likely N-dealkylation sites (N-methyl/N-ethyl adjacent to an activating group) is 1. The van der Waals surface area contributed by atoms with E-state index in [2.05, 4.69) is 24.1 Å². The summed E-state index contributed by atoms with van der Waals surface area (Å²) < 4.78 is 13.4. The molecule has 3 nitrogen and oxygen atoms in total. The number of rotatable bonds is 6. The van der Waals surface area contributed by atoms with Gasteiger partial charge in [-0.3, -0.25) is 0 Å². The Balaban J connectivity index is 2.78. The third-order valence-electron chi connectivity index (χ3n) is 2.75. The van der Waals surface area contributed by atoms with Gasteiger partial charge in [0.1, 0.15) is 5.82 Å². The number of para-hydroxylation sites is 1. The predicted octanol–water partition coefficient (Wildman–Crippen LogP) is 2.80. The van der Waals surface area contributed by atoms with Crippen LogP contribution in [0.2, 0.25) is 0 Å². The molecule has 18 heavy (non-hydrogen) atoms. The second-order valence-corrected chi connectivity index (χ2v) is 5.43. The predicted molar refractivity (Wildman–Crippen MR) is 76.2 cm³/mol. The Hall–Kier alpha value is -1.29. The lowest BCUT2D eigenvalue weighted by molar-refractivity contribution is 0.356. The Labute approximate surface area is 109 Å². The molecule has 0 aromatic heterocycles. The summed E-state index contributed by atoms with van der Waals surface area (Å²) in [6.07, 6.45) is 1.02. The van der Waals surface area contributed by atoms with Crippen LogP contribution < -0.4 is 11.1 Å². The highest BCUT2D eigenvalue weighted by molar-refractivity contribution is 5.66. The number of hydrogen-bond acceptors (Lipinski definition) is 3. The standard InChI is InChI=1S/C14H24FN3/c1-10(2)8-11(9-18(3)4)17-13-7-5-6-12(15)14(13)16/h5-7,10-11,17H,8-9,16H2,1-4H3. The lowest BCUT2D eigenvalue weighted by Crippen LogP contribution is -2.33. The minimum absolute atomic E-state index is 0.199. The lowest BCUT2D eigenvalue weighted by Gasteiger charge is -2.25. The van der Waals surface area contributed by atoms with Gasteiger partial charge in [-0.05, 0) is 38.6 Å². The van der Waals surface area contributed by atoms with Crippen molar-refractivity contribution >= 4 is 11.4 Å². The van der Waals surface area contributed by atoms with Crippen molar-refractivity contribution in [2.45, 2.75) is 26.3 Å². The summed E-state index contributed by atoms with van der Waals surface area (Å²) in [4.78, 5) is 2.12. The Kier molecular flexibility index (Phi) is 5.41. The van der Waals surface area contributed by atoms with Crippen LogP contribution in [-0.2, 0) is 0 Å². The molecule has 0 aliphatic carbocycles. The van der Waals surface area contributed by atoms with E-state index in [-0.39, 0.29) is 17.5 Å². The molecule has 1 unspecified atom stereocenters. The minimum Gasteiger partial charge on any atom is -0.395 e. The molecular formula is C14H24FN3. The summed E-state index contributed by atoms with van der Waals surface area (Å²) in [6, 6.07) is 5.14. The molecule has 0 saturated heterocycles. The zero-order valence-corrected chi connectivity index (χ0v) is 11.7. The van der Waals surface area contributed by atoms with E-state index in [9.17, 15) is 4.39 Å². The molecule has 0 spiro atoms. The van der Waals surface area contributed by atoms with Crippen LogP contribution in [0.5, 0.6) is 0 Å². The maximum atomic E-state index is 13.4. The molecule has 1 rings (SSSR count). The van der Waals surface area contributed by atoms with E-state index >= 15 is 0 Å². The maximum absolute atomic E-state index is 13.4. The van der Waals surface area contributed by atoms with Gasteiger partial charge < -0.3 is 16.0 Å². The van der Waals surface area contributed by atoms with Crippen molar-refractivity contribution in [1.82, 2.24) is 4.90 Å². The van der Waals surface area contributed by atoms with Crippen molar-refractivity contribution in [2.75, 3.05) is 31.7 Å². The van der Waals surface area contributed by atoms with Crippen LogP contribution in [0.4, 0.5) is 15.8 Å². The lowest BCUT2D eigenvalue weighted by atomic mass is 10.0. The summed E-state index contributed by atoms with van der Waals surface area (Å²) in [5.74, 6) is 0.213. The van der Waals surface area contributed by atoms with Gasteiger partial charge in [-0.2, -0.15) is 0 Å². The summed E-state index contributed by atoms with van der Waals surface area (Å²) in [6.45, 7) is 5.26. The number of benzene rings is 1. The Morgan fingerprint density at radius 2 is 2.00 bits per heavy atom. The van der Waals surface area contributed by atoms with Gasteiger partial charge in [-0.15, -0.1) is 0 Å². The van der Waals surface area contributed by atoms with Gasteiger partial charge in [-0.25, -0.2) is 4.39 Å². The average Bonchev–Trinajstić information content (AvgIpc) is 2.23. The van der Waals surface area contributed by atoms with Crippen LogP contribution >= 0.6 is 0 Å². The van der Waals surface area contributed by atoms with E-state index in [0.29, 0.717) is 11.6 Å². The van der Waals surface area contributed by atoms with Crippen molar-refractivity contribution in [3.05, 3.63) is 24.0 Å². The van der Waals surface area contributed by atoms with E-state index in [1.807, 2.05) is 20.2 Å². The highest BCUT2D eigenvalue weighted by Gasteiger charge is 2.14. The van der Waals surface area contributed by atoms with Gasteiger partial charge in [0.15, 0.2) is 0 Å². The number of nitrogens with two attached hydrogens (primary N) is 1. The highest BCUT2D eigenvalue weighted by Crippen LogP contribution is 2.23. The van der Waals surface area contributed by atoms with Gasteiger partial charge >= 0.3 is 0 Å². The Morgan fingerprint density at radius 1 is 1.33 bits per heavy atom. The Morgan fingerprint density at radius 3 is 2.56 bits per heavy atom. The summed E-state index contributed by atoms with van der Waals surface area (Å²) >= 11 is 0. The topological polar surface area (TPSA) is 41.3 Å². The first-order chi connectivity index (χ1) is 8.40. The molecule has 0 radical (unpaired) electrons. The largest absolute Gasteiger partial charge is 0.395 e. The molecule has 3 N–H and O–H groups in total. The van der Waals surface area contributed by atoms with Gasteiger partial charge in [0.25, 0.3) is 0 Å². The zero-order chi connectivity index (χ0) is 13.7. The van der Waals surface area contributed by atoms with E-state index in [1.54, 1.807) is 6.07 Å². The number of halogens is 1. The molecule has 4 heteroatoms. The molecule has 0 saturated carbocycles. The van der Waals surface area contributed by atoms with Gasteiger partial charge in [-0.1, -0.05) is 19.9 Å². The van der Waals surface area contributed by atoms with E-state index in [4.69, 9.17) is 5.73 Å². The normalized spacial score (nSPS) is 13.1. The van der Waals surface area contributed by atoms with Crippen molar-refractivity contribution < 1.29 is 4.39 Å². The third kappa shape index (κ3) is 4.53. The summed E-state index contributed by atoms with van der Waals surface area (Å²) in [7, 11) is 4.06. The van der Waals surface area contributed by atoms with Gasteiger partial charge in [0.05, 0.1) is 11.4 Å². The first kappa shape index (κ1) is 14.8. The fourth-order valence-corrected chi connectivity index (χ4v) is 2.07. The smallest absolute Gasteiger partial charge is 0.148 e. The molecule has 0 aliphatic heterocycles. The molecule has 0 fully saturated rings. The van der Waals surface area contributed by atoms with Crippen LogP contribution in [0.3, 0.4) is 0 Å². The zero-order valence-electron chi connectivity index (χ0n) is 11.7. The fourth-order valence-electron chi connectivity index (χ4n) is 2.07. The van der Waals surface area contributed by atoms with Gasteiger partial charge in [0.2, 0.25) is 0 Å². The molecule has 0 aliphatic rings. The monoisotopic (exact) mass is 253 g/mol. The van der Waals surface area contributed by atoms with E-state index in [1.165, 1.54) is 6.07 Å². The number of nitrogen functional groups attached to an aromatic ring is 1. The van der Waals surface area contributed by atoms with E-state index < -0.39 is 0 Å². The molecule has 1 aromatic rings. The number of nitrogens with one attached hydrogen (secondary N) is 1. The number of hydrogen-bond donors (Lipinski definition) is 2. The minimum atomic E-state index is -0.367. The quantitative estimate of drug-likeness (QED) is 0.766. The highest BCUT2D eigenvalue weighted by atomic mass is 19.1. The van der Waals surface area contributed by atoms with Crippen molar-refractivity contribution in [1.29, 1.82) is 0 Å². The third-order valence-corrected chi connectivity index (χ3v) is 2.75. The van der Waals surface area contributed by atoms with Crippen LogP contribution in [0, 0.1) is 11.7 Å². The molecule has 1 atom stereocenters. The number of nitrogens with zero attached hydrogens (tertiary/aromatic N) is 1. The second kappa shape index (κ2) is 6.59. The van der Waals surface area contributed by atoms with E-state index in [0.717, 1.165) is 13.0 Å². The Bertz CT molecular complexity index is 367. The van der Waals surface area contributed by atoms with Crippen molar-refractivity contribution in [3.8, 4) is 0 Å². The molecule has 1 aromatic carbocycles. The number of anilines is 2. The van der Waals surface area contributed by atoms with Crippen LogP contribution in [0.25, 0.3) is 0 Å². The molecule has 0 amide bonds.